The van der Waals surface area contributed by atoms with Crippen LogP contribution in [0.2, 0.25) is 0 Å². The number of piperidine rings is 1. The standard InChI is InChI=1S/C25H33F3N2O4S/c26-25(27,28)19-2-1-3-21(11-19)35(33,34)30-6-4-20(5-7-30)29-23(32)22(31)15-24-12-16-8-17(13-24)10-18(9-16)14-24/h1-3,11,16-18,20,22,31H,4-10,12-15H2,(H,29,32). The fourth-order valence-electron chi connectivity index (χ4n) is 7.56. The largest absolute Gasteiger partial charge is 0.416 e. The molecule has 0 radical (unpaired) electrons. The number of hydrogen-bond donors (Lipinski definition) is 2. The van der Waals surface area contributed by atoms with Crippen LogP contribution in [0.4, 0.5) is 13.2 Å². The fourth-order valence-corrected chi connectivity index (χ4v) is 9.08. The predicted molar refractivity (Wildman–Crippen MR) is 123 cm³/mol. The van der Waals surface area contributed by atoms with Crippen LogP contribution in [0.5, 0.6) is 0 Å². The van der Waals surface area contributed by atoms with Gasteiger partial charge in [-0.3, -0.25) is 4.79 Å². The van der Waals surface area contributed by atoms with Gasteiger partial charge in [-0.2, -0.15) is 17.5 Å². The molecule has 1 aliphatic heterocycles. The van der Waals surface area contributed by atoms with E-state index in [4.69, 9.17) is 0 Å². The highest BCUT2D eigenvalue weighted by atomic mass is 32.2. The number of aliphatic hydroxyl groups is 1. The van der Waals surface area contributed by atoms with Crippen LogP contribution in [0, 0.1) is 23.2 Å². The van der Waals surface area contributed by atoms with Gasteiger partial charge in [0.05, 0.1) is 10.5 Å². The molecule has 194 valence electrons. The lowest BCUT2D eigenvalue weighted by Crippen LogP contribution is -2.51. The van der Waals surface area contributed by atoms with E-state index < -0.39 is 33.8 Å². The summed E-state index contributed by atoms with van der Waals surface area (Å²) in [5, 5.41) is 13.6. The minimum absolute atomic E-state index is 0.0773. The molecule has 2 N–H and O–H groups in total. The van der Waals surface area contributed by atoms with Gasteiger partial charge in [0, 0.05) is 19.1 Å². The van der Waals surface area contributed by atoms with Crippen LogP contribution in [0.25, 0.3) is 0 Å². The summed E-state index contributed by atoms with van der Waals surface area (Å²) >= 11 is 0. The zero-order chi connectivity index (χ0) is 25.0. The molecule has 1 heterocycles. The Morgan fingerprint density at radius 2 is 1.66 bits per heavy atom. The molecule has 4 saturated carbocycles. The highest BCUT2D eigenvalue weighted by Gasteiger charge is 2.51. The van der Waals surface area contributed by atoms with Crippen molar-refractivity contribution >= 4 is 15.9 Å². The second kappa shape index (κ2) is 9.03. The maximum absolute atomic E-state index is 13.0. The zero-order valence-corrected chi connectivity index (χ0v) is 20.5. The Morgan fingerprint density at radius 1 is 1.09 bits per heavy atom. The lowest BCUT2D eigenvalue weighted by molar-refractivity contribution is -0.137. The van der Waals surface area contributed by atoms with Crippen molar-refractivity contribution < 1.29 is 31.5 Å². The monoisotopic (exact) mass is 514 g/mol. The Labute approximate surface area is 204 Å². The molecule has 5 aliphatic rings. The number of carbonyl (C=O) groups is 1. The van der Waals surface area contributed by atoms with Crippen molar-refractivity contribution in [3.63, 3.8) is 0 Å². The normalized spacial score (nSPS) is 32.5. The number of hydrogen-bond acceptors (Lipinski definition) is 4. The van der Waals surface area contributed by atoms with Crippen molar-refractivity contribution in [2.24, 2.45) is 23.2 Å². The van der Waals surface area contributed by atoms with Crippen molar-refractivity contribution in [3.05, 3.63) is 29.8 Å². The van der Waals surface area contributed by atoms with E-state index in [-0.39, 0.29) is 29.4 Å². The number of halogens is 3. The molecule has 35 heavy (non-hydrogen) atoms. The van der Waals surface area contributed by atoms with Crippen LogP contribution in [0.3, 0.4) is 0 Å². The number of nitrogens with zero attached hydrogens (tertiary/aromatic N) is 1. The van der Waals surface area contributed by atoms with Crippen molar-refractivity contribution in [2.45, 2.75) is 81.0 Å². The van der Waals surface area contributed by atoms with E-state index in [9.17, 15) is 31.5 Å². The first-order valence-corrected chi connectivity index (χ1v) is 14.0. The quantitative estimate of drug-likeness (QED) is 0.602. The van der Waals surface area contributed by atoms with Gasteiger partial charge in [-0.05, 0) is 99.2 Å². The third-order valence-corrected chi connectivity index (χ3v) is 10.6. The van der Waals surface area contributed by atoms with Gasteiger partial charge in [0.25, 0.3) is 0 Å². The van der Waals surface area contributed by atoms with Gasteiger partial charge in [-0.1, -0.05) is 6.07 Å². The summed E-state index contributed by atoms with van der Waals surface area (Å²) in [5.74, 6) is 1.80. The van der Waals surface area contributed by atoms with Crippen molar-refractivity contribution in [1.29, 1.82) is 0 Å². The Hall–Kier alpha value is -1.65. The fraction of sp³-hybridized carbons (Fsp3) is 0.720. The SMILES string of the molecule is O=C(NC1CCN(S(=O)(=O)c2cccc(C(F)(F)F)c2)CC1)C(O)CC12CC3CC(CC(C3)C1)C2. The molecule has 1 unspecified atom stereocenters. The van der Waals surface area contributed by atoms with E-state index >= 15 is 0 Å². The lowest BCUT2D eigenvalue weighted by atomic mass is 9.48. The maximum Gasteiger partial charge on any atom is 0.416 e. The molecule has 4 aliphatic carbocycles. The van der Waals surface area contributed by atoms with Crippen LogP contribution >= 0.6 is 0 Å². The predicted octanol–water partition coefficient (Wildman–Crippen LogP) is 3.94. The first-order valence-electron chi connectivity index (χ1n) is 12.6. The zero-order valence-electron chi connectivity index (χ0n) is 19.6. The molecule has 5 fully saturated rings. The molecule has 1 atom stereocenters. The highest BCUT2D eigenvalue weighted by molar-refractivity contribution is 7.89. The summed E-state index contributed by atoms with van der Waals surface area (Å²) in [5.41, 5.74) is -0.929. The van der Waals surface area contributed by atoms with Crippen LogP contribution in [-0.2, 0) is 21.0 Å². The van der Waals surface area contributed by atoms with Gasteiger partial charge in [0.1, 0.15) is 6.10 Å². The van der Waals surface area contributed by atoms with Crippen molar-refractivity contribution in [3.8, 4) is 0 Å². The Kier molecular flexibility index (Phi) is 6.45. The first-order chi connectivity index (χ1) is 16.4. The molecule has 0 spiro atoms. The van der Waals surface area contributed by atoms with E-state index in [1.54, 1.807) is 0 Å². The molecule has 4 bridgehead atoms. The first kappa shape index (κ1) is 25.0. The smallest absolute Gasteiger partial charge is 0.383 e. The van der Waals surface area contributed by atoms with Gasteiger partial charge >= 0.3 is 6.18 Å². The van der Waals surface area contributed by atoms with E-state index in [1.807, 2.05) is 0 Å². The molecular weight excluding hydrogens is 481 g/mol. The third-order valence-electron chi connectivity index (χ3n) is 8.69. The second-order valence-electron chi connectivity index (χ2n) is 11.4. The summed E-state index contributed by atoms with van der Waals surface area (Å²) in [6, 6.07) is 3.48. The lowest BCUT2D eigenvalue weighted by Gasteiger charge is -2.57. The van der Waals surface area contributed by atoms with Crippen LogP contribution < -0.4 is 5.32 Å². The Bertz CT molecular complexity index is 1030. The van der Waals surface area contributed by atoms with Crippen molar-refractivity contribution in [2.75, 3.05) is 13.1 Å². The van der Waals surface area contributed by atoms with E-state index in [0.717, 1.165) is 53.5 Å². The number of alkyl halides is 3. The number of carbonyl (C=O) groups excluding carboxylic acids is 1. The molecular formula is C25H33F3N2O4S. The third kappa shape index (κ3) is 5.11. The molecule has 6 nitrogen and oxygen atoms in total. The number of rotatable bonds is 6. The number of nitrogens with one attached hydrogen (secondary N) is 1. The molecule has 1 aromatic rings. The Balaban J connectivity index is 1.15. The topological polar surface area (TPSA) is 86.7 Å². The summed E-state index contributed by atoms with van der Waals surface area (Å²) in [7, 11) is -4.07. The van der Waals surface area contributed by atoms with Gasteiger partial charge in [0.15, 0.2) is 0 Å². The maximum atomic E-state index is 13.0. The molecule has 1 amide bonds. The number of aliphatic hydroxyl groups excluding tert-OH is 1. The molecule has 6 rings (SSSR count). The summed E-state index contributed by atoms with van der Waals surface area (Å²) in [6.07, 6.45) is 2.68. The van der Waals surface area contributed by atoms with Gasteiger partial charge < -0.3 is 10.4 Å². The number of sulfonamides is 1. The summed E-state index contributed by atoms with van der Waals surface area (Å²) < 4.78 is 66.0. The average molecular weight is 515 g/mol. The summed E-state index contributed by atoms with van der Waals surface area (Å²) in [4.78, 5) is 12.4. The Morgan fingerprint density at radius 3 is 2.20 bits per heavy atom. The molecule has 1 aromatic carbocycles. The molecule has 10 heteroatoms. The van der Waals surface area contributed by atoms with E-state index in [2.05, 4.69) is 5.32 Å². The van der Waals surface area contributed by atoms with E-state index in [0.29, 0.717) is 25.3 Å². The second-order valence-corrected chi connectivity index (χ2v) is 13.3. The number of benzene rings is 1. The average Bonchev–Trinajstić information content (AvgIpc) is 2.77. The van der Waals surface area contributed by atoms with Crippen LogP contribution in [-0.4, -0.2) is 49.0 Å². The minimum atomic E-state index is -4.63. The minimum Gasteiger partial charge on any atom is -0.383 e. The molecule has 0 aromatic heterocycles. The van der Waals surface area contributed by atoms with E-state index in [1.165, 1.54) is 25.3 Å². The van der Waals surface area contributed by atoms with Crippen LogP contribution in [0.15, 0.2) is 29.2 Å². The highest BCUT2D eigenvalue weighted by Crippen LogP contribution is 2.61. The van der Waals surface area contributed by atoms with Gasteiger partial charge in [0.2, 0.25) is 15.9 Å². The summed E-state index contributed by atoms with van der Waals surface area (Å²) in [6.45, 7) is 0.184. The number of amides is 1. The van der Waals surface area contributed by atoms with Gasteiger partial charge in [-0.15, -0.1) is 0 Å². The van der Waals surface area contributed by atoms with Gasteiger partial charge in [-0.25, -0.2) is 8.42 Å². The molecule has 1 saturated heterocycles. The van der Waals surface area contributed by atoms with Crippen LogP contribution in [0.1, 0.15) is 63.4 Å². The van der Waals surface area contributed by atoms with Crippen molar-refractivity contribution in [1.82, 2.24) is 9.62 Å².